The normalized spacial score (nSPS) is 17.5. The molecule has 1 fully saturated rings. The van der Waals surface area contributed by atoms with Gasteiger partial charge in [-0.2, -0.15) is 0 Å². The molecule has 0 unspecified atom stereocenters. The molecular formula is C12H20N2S. The zero-order chi connectivity index (χ0) is 11.2. The Hall–Kier alpha value is -0.410. The summed E-state index contributed by atoms with van der Waals surface area (Å²) in [6, 6.07) is 0. The molecule has 0 spiro atoms. The van der Waals surface area contributed by atoms with Gasteiger partial charge in [-0.3, -0.25) is 0 Å². The van der Waals surface area contributed by atoms with Crippen LogP contribution in [0.15, 0.2) is 0 Å². The lowest BCUT2D eigenvalue weighted by Gasteiger charge is -2.17. The minimum absolute atomic E-state index is 0.233. The molecule has 0 saturated heterocycles. The highest BCUT2D eigenvalue weighted by atomic mass is 32.1. The Morgan fingerprint density at radius 2 is 2.00 bits per heavy atom. The molecule has 1 aromatic rings. The van der Waals surface area contributed by atoms with Crippen molar-refractivity contribution in [1.82, 2.24) is 4.98 Å². The molecule has 0 aromatic carbocycles. The van der Waals surface area contributed by atoms with Crippen LogP contribution in [0.2, 0.25) is 0 Å². The third-order valence-electron chi connectivity index (χ3n) is 2.71. The Morgan fingerprint density at radius 3 is 2.40 bits per heavy atom. The zero-order valence-electron chi connectivity index (χ0n) is 10.0. The van der Waals surface area contributed by atoms with Gasteiger partial charge in [0.15, 0.2) is 0 Å². The number of nitrogens with zero attached hydrogens (tertiary/aromatic N) is 1. The number of hydrogen-bond donors (Lipinski definition) is 1. The summed E-state index contributed by atoms with van der Waals surface area (Å²) < 4.78 is 0. The predicted octanol–water partition coefficient (Wildman–Crippen LogP) is 3.34. The van der Waals surface area contributed by atoms with E-state index in [1.807, 2.05) is 0 Å². The molecule has 0 bridgehead atoms. The maximum atomic E-state index is 6.21. The van der Waals surface area contributed by atoms with Gasteiger partial charge in [0.1, 0.15) is 0 Å². The van der Waals surface area contributed by atoms with Gasteiger partial charge in [0.25, 0.3) is 0 Å². The first-order valence-electron chi connectivity index (χ1n) is 5.69. The van der Waals surface area contributed by atoms with E-state index in [0.29, 0.717) is 11.8 Å². The molecular weight excluding hydrogens is 204 g/mol. The summed E-state index contributed by atoms with van der Waals surface area (Å²) in [4.78, 5) is 6.08. The molecule has 0 radical (unpaired) electrons. The van der Waals surface area contributed by atoms with Crippen molar-refractivity contribution in [1.29, 1.82) is 0 Å². The number of aromatic nitrogens is 1. The van der Waals surface area contributed by atoms with E-state index in [-0.39, 0.29) is 5.54 Å². The van der Waals surface area contributed by atoms with Crippen molar-refractivity contribution in [2.24, 2.45) is 5.73 Å². The molecule has 2 nitrogen and oxygen atoms in total. The molecule has 0 aliphatic heterocycles. The summed E-state index contributed by atoms with van der Waals surface area (Å²) in [5.41, 5.74) is 7.26. The maximum Gasteiger partial charge on any atom is 0.0957 e. The van der Waals surface area contributed by atoms with Gasteiger partial charge in [-0.25, -0.2) is 4.98 Å². The first-order chi connectivity index (χ1) is 6.89. The van der Waals surface area contributed by atoms with Crippen molar-refractivity contribution >= 4 is 11.3 Å². The SMILES string of the molecule is CC(C)c1nc(C2CC2)c(C(C)(C)N)s1. The van der Waals surface area contributed by atoms with Crippen molar-refractivity contribution in [2.75, 3.05) is 0 Å². The molecule has 1 aromatic heterocycles. The van der Waals surface area contributed by atoms with Crippen LogP contribution < -0.4 is 5.73 Å². The molecule has 0 amide bonds. The molecule has 84 valence electrons. The van der Waals surface area contributed by atoms with Gasteiger partial charge in [0.2, 0.25) is 0 Å². The van der Waals surface area contributed by atoms with Crippen molar-refractivity contribution < 1.29 is 0 Å². The van der Waals surface area contributed by atoms with Gasteiger partial charge in [-0.15, -0.1) is 11.3 Å². The second-order valence-electron chi connectivity index (χ2n) is 5.42. The molecule has 15 heavy (non-hydrogen) atoms. The van der Waals surface area contributed by atoms with E-state index in [0.717, 1.165) is 0 Å². The number of thiazole rings is 1. The average molecular weight is 224 g/mol. The van der Waals surface area contributed by atoms with Crippen LogP contribution in [0.3, 0.4) is 0 Å². The smallest absolute Gasteiger partial charge is 0.0957 e. The molecule has 3 heteroatoms. The highest BCUT2D eigenvalue weighted by Crippen LogP contribution is 2.45. The highest BCUT2D eigenvalue weighted by Gasteiger charge is 2.34. The van der Waals surface area contributed by atoms with E-state index in [2.05, 4.69) is 27.7 Å². The van der Waals surface area contributed by atoms with Gasteiger partial charge in [-0.05, 0) is 26.7 Å². The Morgan fingerprint density at radius 1 is 1.40 bits per heavy atom. The molecule has 0 atom stereocenters. The second-order valence-corrected chi connectivity index (χ2v) is 6.45. The number of nitrogens with two attached hydrogens (primary N) is 1. The van der Waals surface area contributed by atoms with Gasteiger partial charge in [0.05, 0.1) is 10.7 Å². The fourth-order valence-electron chi connectivity index (χ4n) is 1.69. The first-order valence-corrected chi connectivity index (χ1v) is 6.51. The van der Waals surface area contributed by atoms with Crippen molar-refractivity contribution in [2.45, 2.75) is 57.9 Å². The summed E-state index contributed by atoms with van der Waals surface area (Å²) >= 11 is 1.81. The monoisotopic (exact) mass is 224 g/mol. The summed E-state index contributed by atoms with van der Waals surface area (Å²) in [5.74, 6) is 1.22. The number of hydrogen-bond acceptors (Lipinski definition) is 3. The zero-order valence-corrected chi connectivity index (χ0v) is 10.8. The van der Waals surface area contributed by atoms with E-state index in [1.165, 1.54) is 28.4 Å². The summed E-state index contributed by atoms with van der Waals surface area (Å²) in [7, 11) is 0. The summed E-state index contributed by atoms with van der Waals surface area (Å²) in [5, 5.41) is 1.24. The third kappa shape index (κ3) is 2.23. The Labute approximate surface area is 95.9 Å². The number of rotatable bonds is 3. The topological polar surface area (TPSA) is 38.9 Å². The van der Waals surface area contributed by atoms with E-state index in [9.17, 15) is 0 Å². The van der Waals surface area contributed by atoms with Crippen LogP contribution in [0, 0.1) is 0 Å². The molecule has 1 aliphatic carbocycles. The van der Waals surface area contributed by atoms with Crippen molar-refractivity contribution in [3.63, 3.8) is 0 Å². The van der Waals surface area contributed by atoms with E-state index < -0.39 is 0 Å². The standard InChI is InChI=1S/C12H20N2S/c1-7(2)11-14-9(8-5-6-8)10(15-11)12(3,4)13/h7-8H,5-6,13H2,1-4H3. The lowest BCUT2D eigenvalue weighted by Crippen LogP contribution is -2.28. The van der Waals surface area contributed by atoms with Gasteiger partial charge >= 0.3 is 0 Å². The fourth-order valence-corrected chi connectivity index (χ4v) is 2.86. The largest absolute Gasteiger partial charge is 0.321 e. The fraction of sp³-hybridized carbons (Fsp3) is 0.750. The van der Waals surface area contributed by atoms with Crippen LogP contribution >= 0.6 is 11.3 Å². The van der Waals surface area contributed by atoms with Crippen LogP contribution in [-0.4, -0.2) is 4.98 Å². The van der Waals surface area contributed by atoms with Crippen LogP contribution in [-0.2, 0) is 5.54 Å². The van der Waals surface area contributed by atoms with Gasteiger partial charge < -0.3 is 5.73 Å². The highest BCUT2D eigenvalue weighted by molar-refractivity contribution is 7.12. The predicted molar refractivity (Wildman–Crippen MR) is 65.4 cm³/mol. The van der Waals surface area contributed by atoms with Gasteiger partial charge in [-0.1, -0.05) is 13.8 Å². The minimum Gasteiger partial charge on any atom is -0.321 e. The molecule has 1 saturated carbocycles. The van der Waals surface area contributed by atoms with Crippen molar-refractivity contribution in [3.05, 3.63) is 15.6 Å². The maximum absolute atomic E-state index is 6.21. The Kier molecular flexibility index (Phi) is 2.63. The van der Waals surface area contributed by atoms with Crippen LogP contribution in [0.4, 0.5) is 0 Å². The van der Waals surface area contributed by atoms with E-state index in [4.69, 9.17) is 10.7 Å². The lowest BCUT2D eigenvalue weighted by molar-refractivity contribution is 0.558. The van der Waals surface area contributed by atoms with Gasteiger partial charge in [0, 0.05) is 22.3 Å². The Bertz CT molecular complexity index is 356. The Balaban J connectivity index is 2.42. The quantitative estimate of drug-likeness (QED) is 0.855. The minimum atomic E-state index is -0.233. The molecule has 1 aliphatic rings. The first kappa shape index (κ1) is 11.1. The molecule has 2 N–H and O–H groups in total. The van der Waals surface area contributed by atoms with Crippen LogP contribution in [0.25, 0.3) is 0 Å². The van der Waals surface area contributed by atoms with Crippen molar-refractivity contribution in [3.8, 4) is 0 Å². The molecule has 1 heterocycles. The van der Waals surface area contributed by atoms with Crippen LogP contribution in [0.1, 0.15) is 68.0 Å². The summed E-state index contributed by atoms with van der Waals surface area (Å²) in [6.07, 6.45) is 2.59. The van der Waals surface area contributed by atoms with Crippen LogP contribution in [0.5, 0.6) is 0 Å². The summed E-state index contributed by atoms with van der Waals surface area (Å²) in [6.45, 7) is 8.55. The second kappa shape index (κ2) is 3.56. The third-order valence-corrected chi connectivity index (χ3v) is 4.42. The lowest BCUT2D eigenvalue weighted by atomic mass is 10.0. The van der Waals surface area contributed by atoms with E-state index >= 15 is 0 Å². The average Bonchev–Trinajstić information content (AvgIpc) is 2.81. The molecule has 2 rings (SSSR count). The van der Waals surface area contributed by atoms with E-state index in [1.54, 1.807) is 11.3 Å².